The third kappa shape index (κ3) is 2.15. The number of hydrogen-bond donors (Lipinski definition) is 0. The van der Waals surface area contributed by atoms with E-state index in [2.05, 4.69) is 0 Å². The largest absolute Gasteiger partial charge is 0.418 e. The summed E-state index contributed by atoms with van der Waals surface area (Å²) in [5.41, 5.74) is -1.85. The third-order valence-corrected chi connectivity index (χ3v) is 4.20. The first kappa shape index (κ1) is 13.6. The van der Waals surface area contributed by atoms with Gasteiger partial charge in [-0.2, -0.15) is 13.2 Å². The van der Waals surface area contributed by atoms with E-state index in [9.17, 15) is 13.2 Å². The fourth-order valence-corrected chi connectivity index (χ4v) is 2.81. The van der Waals surface area contributed by atoms with Crippen molar-refractivity contribution in [2.24, 2.45) is 0 Å². The van der Waals surface area contributed by atoms with Gasteiger partial charge >= 0.3 is 6.18 Å². The van der Waals surface area contributed by atoms with Crippen LogP contribution in [0.2, 0.25) is 0 Å². The summed E-state index contributed by atoms with van der Waals surface area (Å²) in [6.07, 6.45) is -0.796. The molecule has 1 unspecified atom stereocenters. The molecule has 1 atom stereocenters. The van der Waals surface area contributed by atoms with Crippen molar-refractivity contribution in [1.82, 2.24) is 4.90 Å². The van der Waals surface area contributed by atoms with Crippen molar-refractivity contribution in [3.8, 4) is 0 Å². The first-order valence-corrected chi connectivity index (χ1v) is 6.53. The number of halogens is 3. The van der Waals surface area contributed by atoms with E-state index in [1.165, 1.54) is 0 Å². The van der Waals surface area contributed by atoms with Crippen molar-refractivity contribution in [3.63, 3.8) is 0 Å². The minimum Gasteiger partial charge on any atom is -0.359 e. The average molecular weight is 283 g/mol. The standard InChI is InChI=1S/C15H16F3NO/c1-19-11-14(15(16,17)18,10-13(19)7-8-13)20-9-12-5-3-2-4-6-12/h2-8H,9-11H2,1H3. The maximum absolute atomic E-state index is 13.5. The van der Waals surface area contributed by atoms with Crippen LogP contribution in [0.5, 0.6) is 0 Å². The Kier molecular flexibility index (Phi) is 2.95. The van der Waals surface area contributed by atoms with Crippen LogP contribution < -0.4 is 0 Å². The zero-order valence-electron chi connectivity index (χ0n) is 11.2. The molecule has 1 saturated heterocycles. The van der Waals surface area contributed by atoms with Crippen LogP contribution in [0.4, 0.5) is 13.2 Å². The summed E-state index contributed by atoms with van der Waals surface area (Å²) in [5.74, 6) is 0. The van der Waals surface area contributed by atoms with Crippen molar-refractivity contribution in [1.29, 1.82) is 0 Å². The zero-order valence-corrected chi connectivity index (χ0v) is 11.2. The lowest BCUT2D eigenvalue weighted by atomic mass is 9.97. The SMILES string of the molecule is CN1CC(OCc2ccccc2)(C(F)(F)F)CC12C=C2. The molecule has 0 bridgehead atoms. The van der Waals surface area contributed by atoms with E-state index in [-0.39, 0.29) is 19.6 Å². The molecule has 1 fully saturated rings. The highest BCUT2D eigenvalue weighted by Crippen LogP contribution is 2.52. The zero-order chi connectivity index (χ0) is 14.4. The molecule has 1 spiro atoms. The molecule has 1 aliphatic heterocycles. The maximum Gasteiger partial charge on any atom is 0.418 e. The molecule has 1 heterocycles. The van der Waals surface area contributed by atoms with Crippen LogP contribution in [-0.4, -0.2) is 35.8 Å². The van der Waals surface area contributed by atoms with Crippen LogP contribution in [0.15, 0.2) is 42.5 Å². The number of likely N-dealkylation sites (N-methyl/N-ethyl adjacent to an activating group) is 1. The number of likely N-dealkylation sites (tertiary alicyclic amines) is 1. The van der Waals surface area contributed by atoms with E-state index in [1.807, 2.05) is 18.2 Å². The molecule has 1 aliphatic carbocycles. The molecule has 0 aromatic heterocycles. The fraction of sp³-hybridized carbons (Fsp3) is 0.467. The van der Waals surface area contributed by atoms with Crippen LogP contribution >= 0.6 is 0 Å². The van der Waals surface area contributed by atoms with Gasteiger partial charge in [0.25, 0.3) is 0 Å². The van der Waals surface area contributed by atoms with E-state index < -0.39 is 17.3 Å². The van der Waals surface area contributed by atoms with Gasteiger partial charge in [-0.1, -0.05) is 42.5 Å². The molecule has 108 valence electrons. The molecule has 1 aromatic rings. The second-order valence-corrected chi connectivity index (χ2v) is 5.62. The maximum atomic E-state index is 13.5. The second-order valence-electron chi connectivity index (χ2n) is 5.62. The predicted molar refractivity (Wildman–Crippen MR) is 69.1 cm³/mol. The van der Waals surface area contributed by atoms with Crippen LogP contribution in [0.25, 0.3) is 0 Å². The van der Waals surface area contributed by atoms with Gasteiger partial charge in [0.1, 0.15) is 0 Å². The first-order chi connectivity index (χ1) is 9.37. The number of rotatable bonds is 3. The van der Waals surface area contributed by atoms with Gasteiger partial charge in [0.05, 0.1) is 12.1 Å². The Hall–Kier alpha value is -1.33. The van der Waals surface area contributed by atoms with Crippen molar-refractivity contribution in [3.05, 3.63) is 48.0 Å². The number of ether oxygens (including phenoxy) is 1. The monoisotopic (exact) mass is 283 g/mol. The van der Waals surface area contributed by atoms with Gasteiger partial charge in [-0.3, -0.25) is 4.90 Å². The highest BCUT2D eigenvalue weighted by Gasteiger charge is 2.66. The van der Waals surface area contributed by atoms with E-state index in [4.69, 9.17) is 4.74 Å². The predicted octanol–water partition coefficient (Wildman–Crippen LogP) is 3.15. The van der Waals surface area contributed by atoms with Crippen LogP contribution in [0, 0.1) is 0 Å². The molecule has 1 aromatic carbocycles. The smallest absolute Gasteiger partial charge is 0.359 e. The van der Waals surface area contributed by atoms with Gasteiger partial charge in [0, 0.05) is 13.0 Å². The van der Waals surface area contributed by atoms with Gasteiger partial charge in [-0.05, 0) is 12.6 Å². The Morgan fingerprint density at radius 2 is 1.85 bits per heavy atom. The first-order valence-electron chi connectivity index (χ1n) is 6.53. The molecular formula is C15H16F3NO. The molecule has 5 heteroatoms. The van der Waals surface area contributed by atoms with Gasteiger partial charge in [0.15, 0.2) is 5.60 Å². The minimum absolute atomic E-state index is 0.0235. The fourth-order valence-electron chi connectivity index (χ4n) is 2.81. The van der Waals surface area contributed by atoms with Crippen LogP contribution in [0.1, 0.15) is 12.0 Å². The molecular weight excluding hydrogens is 267 g/mol. The lowest BCUT2D eigenvalue weighted by molar-refractivity contribution is -0.276. The number of hydrogen-bond acceptors (Lipinski definition) is 2. The second kappa shape index (κ2) is 4.33. The van der Waals surface area contributed by atoms with Crippen molar-refractivity contribution in [2.45, 2.75) is 30.3 Å². The molecule has 3 rings (SSSR count). The Balaban J connectivity index is 1.78. The van der Waals surface area contributed by atoms with Crippen LogP contribution in [0.3, 0.4) is 0 Å². The van der Waals surface area contributed by atoms with Crippen molar-refractivity contribution in [2.75, 3.05) is 13.6 Å². The molecule has 2 aliphatic rings. The normalized spacial score (nSPS) is 28.2. The summed E-state index contributed by atoms with van der Waals surface area (Å²) in [7, 11) is 1.71. The summed E-state index contributed by atoms with van der Waals surface area (Å²) >= 11 is 0. The Morgan fingerprint density at radius 1 is 1.20 bits per heavy atom. The summed E-state index contributed by atoms with van der Waals surface area (Å²) in [6, 6.07) is 8.96. The Labute approximate surface area is 115 Å². The van der Waals surface area contributed by atoms with Crippen molar-refractivity contribution >= 4 is 0 Å². The number of benzene rings is 1. The Morgan fingerprint density at radius 3 is 2.35 bits per heavy atom. The lowest BCUT2D eigenvalue weighted by Gasteiger charge is -2.31. The van der Waals surface area contributed by atoms with E-state index >= 15 is 0 Å². The van der Waals surface area contributed by atoms with Crippen molar-refractivity contribution < 1.29 is 17.9 Å². The van der Waals surface area contributed by atoms with E-state index in [0.29, 0.717) is 0 Å². The highest BCUT2D eigenvalue weighted by atomic mass is 19.4. The molecule has 0 radical (unpaired) electrons. The lowest BCUT2D eigenvalue weighted by Crippen LogP contribution is -2.49. The van der Waals surface area contributed by atoms with Gasteiger partial charge in [-0.25, -0.2) is 0 Å². The van der Waals surface area contributed by atoms with Gasteiger partial charge in [0.2, 0.25) is 0 Å². The summed E-state index contributed by atoms with van der Waals surface area (Å²) < 4.78 is 45.8. The average Bonchev–Trinajstić information content (AvgIpc) is 3.10. The van der Waals surface area contributed by atoms with E-state index in [0.717, 1.165) is 5.56 Å². The third-order valence-electron chi connectivity index (χ3n) is 4.20. The molecule has 0 N–H and O–H groups in total. The molecule has 0 amide bonds. The molecule has 20 heavy (non-hydrogen) atoms. The topological polar surface area (TPSA) is 12.5 Å². The summed E-state index contributed by atoms with van der Waals surface area (Å²) in [4.78, 5) is 1.71. The van der Waals surface area contributed by atoms with E-state index in [1.54, 1.807) is 36.2 Å². The molecule has 0 saturated carbocycles. The quantitative estimate of drug-likeness (QED) is 0.790. The number of alkyl halides is 3. The number of nitrogens with zero attached hydrogens (tertiary/aromatic N) is 1. The van der Waals surface area contributed by atoms with Gasteiger partial charge in [-0.15, -0.1) is 0 Å². The van der Waals surface area contributed by atoms with Gasteiger partial charge < -0.3 is 4.74 Å². The Bertz CT molecular complexity index is 520. The minimum atomic E-state index is -4.37. The summed E-state index contributed by atoms with van der Waals surface area (Å²) in [6.45, 7) is -0.152. The highest BCUT2D eigenvalue weighted by molar-refractivity contribution is 5.38. The summed E-state index contributed by atoms with van der Waals surface area (Å²) in [5, 5.41) is 0. The molecule has 2 nitrogen and oxygen atoms in total. The van der Waals surface area contributed by atoms with Crippen LogP contribution in [-0.2, 0) is 11.3 Å².